The number of hydrogen-bond donors (Lipinski definition) is 0. The van der Waals surface area contributed by atoms with Gasteiger partial charge in [-0.2, -0.15) is 4.68 Å². The van der Waals surface area contributed by atoms with Crippen LogP contribution in [0.5, 0.6) is 11.5 Å². The molecule has 0 radical (unpaired) electrons. The number of fused-ring (bicyclic) bond motifs is 1. The Hall–Kier alpha value is -4.07. The van der Waals surface area contributed by atoms with Crippen molar-refractivity contribution in [3.63, 3.8) is 0 Å². The average Bonchev–Trinajstić information content (AvgIpc) is 2.75. The smallest absolute Gasteiger partial charge is 0.339 e. The van der Waals surface area contributed by atoms with Gasteiger partial charge in [0, 0.05) is 0 Å². The normalized spacial score (nSPS) is 10.7. The van der Waals surface area contributed by atoms with E-state index in [1.54, 1.807) is 36.4 Å². The molecule has 0 amide bonds. The molecule has 0 fully saturated rings. The van der Waals surface area contributed by atoms with Crippen LogP contribution in [0.3, 0.4) is 0 Å². The number of halogens is 1. The molecule has 0 saturated heterocycles. The highest BCUT2D eigenvalue weighted by atomic mass is 19.1. The molecular weight excluding hydrogens is 377 g/mol. The van der Waals surface area contributed by atoms with Crippen molar-refractivity contribution in [2.75, 3.05) is 0 Å². The molecule has 0 aliphatic carbocycles. The third-order valence-corrected chi connectivity index (χ3v) is 4.09. The molecule has 0 atom stereocenters. The zero-order valence-corrected chi connectivity index (χ0v) is 15.0. The third kappa shape index (κ3) is 4.11. The summed E-state index contributed by atoms with van der Waals surface area (Å²) in [4.78, 5) is 24.6. The van der Waals surface area contributed by atoms with Crippen molar-refractivity contribution in [3.05, 3.63) is 94.5 Å². The topological polar surface area (TPSA) is 83.3 Å². The van der Waals surface area contributed by atoms with Gasteiger partial charge in [-0.3, -0.25) is 4.79 Å². The predicted molar refractivity (Wildman–Crippen MR) is 102 cm³/mol. The first kappa shape index (κ1) is 18.3. The van der Waals surface area contributed by atoms with E-state index < -0.39 is 11.5 Å². The van der Waals surface area contributed by atoms with Crippen molar-refractivity contribution in [1.29, 1.82) is 0 Å². The Kier molecular flexibility index (Phi) is 4.98. The Bertz CT molecular complexity index is 1220. The quantitative estimate of drug-likeness (QED) is 0.484. The maximum atomic E-state index is 12.9. The van der Waals surface area contributed by atoms with Gasteiger partial charge in [0.05, 0.1) is 10.9 Å². The molecule has 1 heterocycles. The van der Waals surface area contributed by atoms with Crippen molar-refractivity contribution in [3.8, 4) is 11.5 Å². The maximum absolute atomic E-state index is 12.9. The van der Waals surface area contributed by atoms with Gasteiger partial charge in [-0.15, -0.1) is 5.10 Å². The highest BCUT2D eigenvalue weighted by molar-refractivity contribution is 5.89. The molecule has 0 N–H and O–H groups in total. The largest absolute Gasteiger partial charge is 0.457 e. The number of ether oxygens (including phenoxy) is 2. The van der Waals surface area contributed by atoms with E-state index in [4.69, 9.17) is 9.47 Å². The fourth-order valence-electron chi connectivity index (χ4n) is 2.61. The number of benzene rings is 3. The zero-order chi connectivity index (χ0) is 20.2. The van der Waals surface area contributed by atoms with Gasteiger partial charge in [0.1, 0.15) is 22.8 Å². The number of carbonyl (C=O) groups excluding carboxylic acids is 1. The lowest BCUT2D eigenvalue weighted by atomic mass is 10.2. The molecule has 8 heteroatoms. The van der Waals surface area contributed by atoms with E-state index in [1.165, 1.54) is 36.4 Å². The fraction of sp³-hybridized carbons (Fsp3) is 0.0476. The number of hydrogen-bond acceptors (Lipinski definition) is 6. The molecule has 0 spiro atoms. The van der Waals surface area contributed by atoms with Crippen LogP contribution in [0.25, 0.3) is 10.9 Å². The summed E-state index contributed by atoms with van der Waals surface area (Å²) >= 11 is 0. The SMILES string of the molecule is O=C(OCn1nnc2ccccc2c1=O)c1ccc(Oc2ccc(F)cc2)cc1. The van der Waals surface area contributed by atoms with Crippen LogP contribution in [-0.2, 0) is 11.5 Å². The second-order valence-corrected chi connectivity index (χ2v) is 6.05. The van der Waals surface area contributed by atoms with E-state index in [0.717, 1.165) is 4.68 Å². The molecule has 3 aromatic carbocycles. The molecule has 0 unspecified atom stereocenters. The minimum atomic E-state index is -0.625. The van der Waals surface area contributed by atoms with Crippen LogP contribution in [0, 0.1) is 5.82 Å². The summed E-state index contributed by atoms with van der Waals surface area (Å²) in [7, 11) is 0. The average molecular weight is 391 g/mol. The lowest BCUT2D eigenvalue weighted by Gasteiger charge is -2.08. The lowest BCUT2D eigenvalue weighted by molar-refractivity contribution is 0.0336. The first-order valence-electron chi connectivity index (χ1n) is 8.63. The van der Waals surface area contributed by atoms with Crippen molar-refractivity contribution < 1.29 is 18.7 Å². The Morgan fingerprint density at radius 2 is 1.59 bits per heavy atom. The molecule has 29 heavy (non-hydrogen) atoms. The minimum Gasteiger partial charge on any atom is -0.457 e. The first-order valence-corrected chi connectivity index (χ1v) is 8.63. The van der Waals surface area contributed by atoms with E-state index in [1.807, 2.05) is 0 Å². The molecule has 4 aromatic rings. The van der Waals surface area contributed by atoms with Crippen molar-refractivity contribution in [2.45, 2.75) is 6.73 Å². The molecule has 0 bridgehead atoms. The molecule has 1 aromatic heterocycles. The molecular formula is C21H14FN3O4. The van der Waals surface area contributed by atoms with Gasteiger partial charge < -0.3 is 9.47 Å². The maximum Gasteiger partial charge on any atom is 0.339 e. The number of esters is 1. The molecule has 0 aliphatic heterocycles. The van der Waals surface area contributed by atoms with Gasteiger partial charge >= 0.3 is 5.97 Å². The number of aromatic nitrogens is 3. The van der Waals surface area contributed by atoms with Crippen LogP contribution in [-0.4, -0.2) is 21.0 Å². The third-order valence-electron chi connectivity index (χ3n) is 4.09. The highest BCUT2D eigenvalue weighted by Gasteiger charge is 2.10. The number of rotatable bonds is 5. The highest BCUT2D eigenvalue weighted by Crippen LogP contribution is 2.22. The lowest BCUT2D eigenvalue weighted by Crippen LogP contribution is -2.26. The summed E-state index contributed by atoms with van der Waals surface area (Å²) in [6, 6.07) is 18.6. The standard InChI is InChI=1S/C21H14FN3O4/c22-15-7-11-17(12-8-15)29-16-9-5-14(6-10-16)21(27)28-13-25-20(26)18-3-1-2-4-19(18)23-24-25/h1-12H,13H2. The van der Waals surface area contributed by atoms with E-state index >= 15 is 0 Å². The second-order valence-electron chi connectivity index (χ2n) is 6.05. The molecule has 7 nitrogen and oxygen atoms in total. The van der Waals surface area contributed by atoms with Crippen LogP contribution < -0.4 is 10.3 Å². The van der Waals surface area contributed by atoms with Gasteiger partial charge in [-0.1, -0.05) is 17.3 Å². The Morgan fingerprint density at radius 1 is 0.931 bits per heavy atom. The summed E-state index contributed by atoms with van der Waals surface area (Å²) in [6.07, 6.45) is 0. The van der Waals surface area contributed by atoms with E-state index in [0.29, 0.717) is 22.4 Å². The van der Waals surface area contributed by atoms with Crippen LogP contribution >= 0.6 is 0 Å². The molecule has 0 aliphatic rings. The summed E-state index contributed by atoms with van der Waals surface area (Å²) in [6.45, 7) is -0.358. The summed E-state index contributed by atoms with van der Waals surface area (Å²) < 4.78 is 24.6. The summed E-state index contributed by atoms with van der Waals surface area (Å²) in [5, 5.41) is 8.09. The minimum absolute atomic E-state index is 0.276. The monoisotopic (exact) mass is 391 g/mol. The Morgan fingerprint density at radius 3 is 2.31 bits per heavy atom. The molecule has 4 rings (SSSR count). The zero-order valence-electron chi connectivity index (χ0n) is 15.0. The fourth-order valence-corrected chi connectivity index (χ4v) is 2.61. The van der Waals surface area contributed by atoms with E-state index in [9.17, 15) is 14.0 Å². The van der Waals surface area contributed by atoms with Crippen LogP contribution in [0.15, 0.2) is 77.6 Å². The Balaban J connectivity index is 1.42. The molecule has 144 valence electrons. The van der Waals surface area contributed by atoms with Gasteiger partial charge in [-0.05, 0) is 60.7 Å². The van der Waals surface area contributed by atoms with E-state index in [2.05, 4.69) is 10.3 Å². The molecule has 0 saturated carbocycles. The van der Waals surface area contributed by atoms with Gasteiger partial charge in [0.2, 0.25) is 0 Å². The van der Waals surface area contributed by atoms with Gasteiger partial charge in [0.15, 0.2) is 6.73 Å². The van der Waals surface area contributed by atoms with Gasteiger partial charge in [-0.25, -0.2) is 9.18 Å². The predicted octanol–water partition coefficient (Wildman–Crippen LogP) is 3.54. The summed E-state index contributed by atoms with van der Waals surface area (Å²) in [5.74, 6) is -0.0356. The number of carbonyl (C=O) groups is 1. The van der Waals surface area contributed by atoms with Crippen molar-refractivity contribution in [2.24, 2.45) is 0 Å². The van der Waals surface area contributed by atoms with Crippen molar-refractivity contribution >= 4 is 16.9 Å². The second kappa shape index (κ2) is 7.89. The summed E-state index contributed by atoms with van der Waals surface area (Å²) in [5.41, 5.74) is 0.349. The van der Waals surface area contributed by atoms with E-state index in [-0.39, 0.29) is 18.1 Å². The number of nitrogens with zero attached hydrogens (tertiary/aromatic N) is 3. The first-order chi connectivity index (χ1) is 14.1. The van der Waals surface area contributed by atoms with Crippen LogP contribution in [0.4, 0.5) is 4.39 Å². The Labute approximate surface area is 163 Å². The van der Waals surface area contributed by atoms with Crippen molar-refractivity contribution in [1.82, 2.24) is 15.0 Å². The van der Waals surface area contributed by atoms with Gasteiger partial charge in [0.25, 0.3) is 5.56 Å². The van der Waals surface area contributed by atoms with Crippen LogP contribution in [0.2, 0.25) is 0 Å². The van der Waals surface area contributed by atoms with Crippen LogP contribution in [0.1, 0.15) is 10.4 Å².